The number of hydrogen-bond acceptors (Lipinski definition) is 3. The summed E-state index contributed by atoms with van der Waals surface area (Å²) in [5.74, 6) is 1.57. The molecule has 2 unspecified atom stereocenters. The lowest BCUT2D eigenvalue weighted by atomic mass is 9.88. The number of rotatable bonds is 6. The summed E-state index contributed by atoms with van der Waals surface area (Å²) < 4.78 is 0. The topological polar surface area (TPSA) is 44.4 Å². The first-order valence-corrected chi connectivity index (χ1v) is 9.41. The summed E-state index contributed by atoms with van der Waals surface area (Å²) in [7, 11) is 0. The molecule has 2 fully saturated rings. The fourth-order valence-corrected chi connectivity index (χ4v) is 3.78. The zero-order valence-electron chi connectivity index (χ0n) is 15.1. The molecule has 1 aromatic carbocycles. The van der Waals surface area contributed by atoms with Gasteiger partial charge in [-0.05, 0) is 55.4 Å². The Morgan fingerprint density at radius 1 is 1.33 bits per heavy atom. The van der Waals surface area contributed by atoms with Gasteiger partial charge in [0, 0.05) is 25.6 Å². The molecule has 132 valence electrons. The van der Waals surface area contributed by atoms with Crippen LogP contribution in [0.4, 0.5) is 0 Å². The van der Waals surface area contributed by atoms with E-state index < -0.39 is 0 Å². The number of carbonyl (C=O) groups is 1. The van der Waals surface area contributed by atoms with E-state index in [4.69, 9.17) is 0 Å². The third-order valence-corrected chi connectivity index (χ3v) is 5.64. The van der Waals surface area contributed by atoms with Gasteiger partial charge in [-0.15, -0.1) is 0 Å². The van der Waals surface area contributed by atoms with Crippen LogP contribution in [0.25, 0.3) is 0 Å². The van der Waals surface area contributed by atoms with E-state index in [0.717, 1.165) is 25.6 Å². The van der Waals surface area contributed by atoms with Gasteiger partial charge in [0.15, 0.2) is 0 Å². The minimum atomic E-state index is 0.0985. The Labute approximate surface area is 146 Å². The van der Waals surface area contributed by atoms with Gasteiger partial charge in [0.25, 0.3) is 0 Å². The van der Waals surface area contributed by atoms with Gasteiger partial charge in [-0.3, -0.25) is 9.69 Å². The van der Waals surface area contributed by atoms with Gasteiger partial charge in [-0.1, -0.05) is 38.1 Å². The molecule has 3 rings (SSSR count). The maximum Gasteiger partial charge on any atom is 0.223 e. The van der Waals surface area contributed by atoms with Crippen LogP contribution in [0.5, 0.6) is 0 Å². The Kier molecular flexibility index (Phi) is 5.90. The van der Waals surface area contributed by atoms with Crippen LogP contribution in [0, 0.1) is 17.8 Å². The highest BCUT2D eigenvalue weighted by Crippen LogP contribution is 2.20. The maximum atomic E-state index is 12.3. The van der Waals surface area contributed by atoms with Gasteiger partial charge in [-0.25, -0.2) is 0 Å². The molecular formula is C20H31N3O. The lowest BCUT2D eigenvalue weighted by Gasteiger charge is -2.32. The van der Waals surface area contributed by atoms with Crippen molar-refractivity contribution in [3.63, 3.8) is 0 Å². The zero-order chi connectivity index (χ0) is 16.9. The van der Waals surface area contributed by atoms with Crippen LogP contribution in [-0.4, -0.2) is 37.0 Å². The summed E-state index contributed by atoms with van der Waals surface area (Å²) in [4.78, 5) is 14.9. The highest BCUT2D eigenvalue weighted by molar-refractivity contribution is 5.78. The van der Waals surface area contributed by atoms with E-state index in [1.165, 1.54) is 37.1 Å². The molecule has 4 nitrogen and oxygen atoms in total. The second-order valence-corrected chi connectivity index (χ2v) is 7.68. The molecule has 0 radical (unpaired) electrons. The van der Waals surface area contributed by atoms with Crippen LogP contribution >= 0.6 is 0 Å². The fourth-order valence-electron chi connectivity index (χ4n) is 3.78. The molecule has 2 heterocycles. The Morgan fingerprint density at radius 3 is 2.75 bits per heavy atom. The van der Waals surface area contributed by atoms with Gasteiger partial charge in [-0.2, -0.15) is 0 Å². The summed E-state index contributed by atoms with van der Waals surface area (Å²) in [5, 5.41) is 6.39. The number of nitrogens with zero attached hydrogens (tertiary/aromatic N) is 1. The van der Waals surface area contributed by atoms with Crippen LogP contribution in [0.15, 0.2) is 24.3 Å². The van der Waals surface area contributed by atoms with E-state index in [1.807, 2.05) is 6.92 Å². The van der Waals surface area contributed by atoms with E-state index in [1.54, 1.807) is 0 Å². The second-order valence-electron chi connectivity index (χ2n) is 7.68. The second kappa shape index (κ2) is 8.13. The molecule has 2 N–H and O–H groups in total. The van der Waals surface area contributed by atoms with Gasteiger partial charge in [0.2, 0.25) is 5.91 Å². The summed E-state index contributed by atoms with van der Waals surface area (Å²) in [5.41, 5.74) is 2.60. The van der Waals surface area contributed by atoms with E-state index in [9.17, 15) is 4.79 Å². The average Bonchev–Trinajstić information content (AvgIpc) is 2.52. The minimum absolute atomic E-state index is 0.0985. The number of likely N-dealkylation sites (tertiary alicyclic amines) is 1. The summed E-state index contributed by atoms with van der Waals surface area (Å²) in [6.07, 6.45) is 2.65. The summed E-state index contributed by atoms with van der Waals surface area (Å²) in [6.45, 7) is 10.3. The first kappa shape index (κ1) is 17.4. The Morgan fingerprint density at radius 2 is 2.08 bits per heavy atom. The normalized spacial score (nSPS) is 23.5. The van der Waals surface area contributed by atoms with E-state index in [0.29, 0.717) is 12.5 Å². The first-order chi connectivity index (χ1) is 11.6. The number of nitrogens with one attached hydrogen (secondary N) is 2. The van der Waals surface area contributed by atoms with Crippen molar-refractivity contribution >= 4 is 5.91 Å². The minimum Gasteiger partial charge on any atom is -0.352 e. The number of amides is 1. The van der Waals surface area contributed by atoms with Gasteiger partial charge >= 0.3 is 0 Å². The number of hydrogen-bond donors (Lipinski definition) is 2. The molecule has 4 heteroatoms. The molecule has 1 aromatic rings. The Hall–Kier alpha value is -1.39. The molecule has 0 aliphatic carbocycles. The molecule has 2 saturated heterocycles. The molecule has 2 aliphatic heterocycles. The Bertz CT molecular complexity index is 556. The smallest absolute Gasteiger partial charge is 0.223 e. The van der Waals surface area contributed by atoms with Crippen molar-refractivity contribution < 1.29 is 4.79 Å². The molecule has 2 atom stereocenters. The summed E-state index contributed by atoms with van der Waals surface area (Å²) >= 11 is 0. The fraction of sp³-hybridized carbons (Fsp3) is 0.650. The quantitative estimate of drug-likeness (QED) is 0.842. The van der Waals surface area contributed by atoms with Crippen LogP contribution in [-0.2, 0) is 17.9 Å². The lowest BCUT2D eigenvalue weighted by Crippen LogP contribution is -2.49. The van der Waals surface area contributed by atoms with Crippen molar-refractivity contribution in [3.05, 3.63) is 35.4 Å². The average molecular weight is 329 g/mol. The maximum absolute atomic E-state index is 12.3. The van der Waals surface area contributed by atoms with Crippen LogP contribution in [0.1, 0.15) is 37.8 Å². The molecule has 24 heavy (non-hydrogen) atoms. The highest BCUT2D eigenvalue weighted by Gasteiger charge is 2.28. The third kappa shape index (κ3) is 4.37. The van der Waals surface area contributed by atoms with Gasteiger partial charge in [0.1, 0.15) is 0 Å². The van der Waals surface area contributed by atoms with Crippen molar-refractivity contribution in [2.45, 2.75) is 39.8 Å². The number of piperidine rings is 1. The standard InChI is InChI=1S/C20H31N3O/c1-15-6-5-9-23(13-15)14-18-8-4-3-7-17(18)12-22-20(24)16(2)19-10-21-11-19/h3-4,7-8,15-16,19,21H,5-6,9-14H2,1-2H3,(H,22,24). The monoisotopic (exact) mass is 329 g/mol. The van der Waals surface area contributed by atoms with Gasteiger partial charge in [0.05, 0.1) is 0 Å². The van der Waals surface area contributed by atoms with Crippen molar-refractivity contribution in [2.24, 2.45) is 17.8 Å². The predicted octanol–water partition coefficient (Wildman–Crippen LogP) is 2.39. The van der Waals surface area contributed by atoms with E-state index >= 15 is 0 Å². The first-order valence-electron chi connectivity index (χ1n) is 9.41. The molecule has 0 aromatic heterocycles. The van der Waals surface area contributed by atoms with E-state index in [-0.39, 0.29) is 11.8 Å². The molecule has 0 saturated carbocycles. The van der Waals surface area contributed by atoms with Crippen LogP contribution in [0.2, 0.25) is 0 Å². The molecule has 2 aliphatic rings. The largest absolute Gasteiger partial charge is 0.352 e. The number of carbonyl (C=O) groups excluding carboxylic acids is 1. The zero-order valence-corrected chi connectivity index (χ0v) is 15.1. The third-order valence-electron chi connectivity index (χ3n) is 5.64. The molecule has 1 amide bonds. The molecule has 0 bridgehead atoms. The van der Waals surface area contributed by atoms with Crippen LogP contribution in [0.3, 0.4) is 0 Å². The van der Waals surface area contributed by atoms with Crippen molar-refractivity contribution in [1.82, 2.24) is 15.5 Å². The molecule has 0 spiro atoms. The van der Waals surface area contributed by atoms with Gasteiger partial charge < -0.3 is 10.6 Å². The predicted molar refractivity (Wildman–Crippen MR) is 97.5 cm³/mol. The lowest BCUT2D eigenvalue weighted by molar-refractivity contribution is -0.126. The highest BCUT2D eigenvalue weighted by atomic mass is 16.1. The molecular weight excluding hydrogens is 298 g/mol. The van der Waals surface area contributed by atoms with Crippen molar-refractivity contribution in [3.8, 4) is 0 Å². The number of benzene rings is 1. The van der Waals surface area contributed by atoms with Crippen molar-refractivity contribution in [1.29, 1.82) is 0 Å². The SMILES string of the molecule is CC1CCCN(Cc2ccccc2CNC(=O)C(C)C2CNC2)C1. The van der Waals surface area contributed by atoms with Crippen molar-refractivity contribution in [2.75, 3.05) is 26.2 Å². The van der Waals surface area contributed by atoms with E-state index in [2.05, 4.69) is 46.7 Å². The van der Waals surface area contributed by atoms with Crippen LogP contribution < -0.4 is 10.6 Å². The summed E-state index contributed by atoms with van der Waals surface area (Å²) in [6, 6.07) is 8.54. The Balaban J connectivity index is 1.56.